The highest BCUT2D eigenvalue weighted by Crippen LogP contribution is 2.23. The number of aryl methyl sites for hydroxylation is 1. The van der Waals surface area contributed by atoms with E-state index in [0.29, 0.717) is 0 Å². The lowest BCUT2D eigenvalue weighted by atomic mass is 10.1. The van der Waals surface area contributed by atoms with Gasteiger partial charge in [-0.05, 0) is 25.5 Å². The molecule has 1 aromatic heterocycles. The van der Waals surface area contributed by atoms with Gasteiger partial charge in [0.2, 0.25) is 5.91 Å². The van der Waals surface area contributed by atoms with E-state index in [1.54, 1.807) is 36.4 Å². The van der Waals surface area contributed by atoms with Crippen molar-refractivity contribution in [1.82, 2.24) is 9.88 Å². The van der Waals surface area contributed by atoms with Crippen molar-refractivity contribution in [2.24, 2.45) is 0 Å². The Kier molecular flexibility index (Phi) is 5.23. The van der Waals surface area contributed by atoms with Crippen LogP contribution in [-0.4, -0.2) is 27.8 Å². The van der Waals surface area contributed by atoms with Gasteiger partial charge < -0.3 is 4.90 Å². The number of carbonyl (C=O) groups is 1. The molecule has 0 saturated heterocycles. The number of benzene rings is 1. The molecular formula is C16H17N3O3S. The number of rotatable bonds is 5. The summed E-state index contributed by atoms with van der Waals surface area (Å²) in [5, 5.41) is 11.8. The second-order valence-electron chi connectivity index (χ2n) is 5.09. The van der Waals surface area contributed by atoms with Crippen molar-refractivity contribution >= 4 is 29.0 Å². The van der Waals surface area contributed by atoms with E-state index in [1.807, 2.05) is 13.8 Å². The van der Waals surface area contributed by atoms with Crippen molar-refractivity contribution in [3.63, 3.8) is 0 Å². The Morgan fingerprint density at radius 1 is 1.48 bits per heavy atom. The van der Waals surface area contributed by atoms with Gasteiger partial charge in [-0.3, -0.25) is 14.9 Å². The molecular weight excluding hydrogens is 314 g/mol. The minimum absolute atomic E-state index is 0.0193. The van der Waals surface area contributed by atoms with Crippen LogP contribution in [0.15, 0.2) is 36.5 Å². The third-order valence-corrected chi connectivity index (χ3v) is 4.40. The maximum absolute atomic E-state index is 12.2. The summed E-state index contributed by atoms with van der Waals surface area (Å²) in [6, 6.07) is 6.06. The monoisotopic (exact) mass is 331 g/mol. The zero-order chi connectivity index (χ0) is 17.0. The van der Waals surface area contributed by atoms with E-state index >= 15 is 0 Å². The molecule has 0 bridgehead atoms. The van der Waals surface area contributed by atoms with Crippen LogP contribution in [0.2, 0.25) is 0 Å². The van der Waals surface area contributed by atoms with E-state index in [2.05, 4.69) is 4.98 Å². The van der Waals surface area contributed by atoms with Crippen molar-refractivity contribution in [3.8, 4) is 0 Å². The van der Waals surface area contributed by atoms with Crippen LogP contribution < -0.4 is 0 Å². The quantitative estimate of drug-likeness (QED) is 0.476. The predicted molar refractivity (Wildman–Crippen MR) is 90.2 cm³/mol. The third-order valence-electron chi connectivity index (χ3n) is 3.52. The molecule has 0 aliphatic rings. The van der Waals surface area contributed by atoms with Crippen molar-refractivity contribution in [3.05, 3.63) is 62.1 Å². The fourth-order valence-electron chi connectivity index (χ4n) is 2.04. The molecule has 0 unspecified atom stereocenters. The first-order chi connectivity index (χ1) is 10.9. The second kappa shape index (κ2) is 7.15. The zero-order valence-corrected chi connectivity index (χ0v) is 13.9. The van der Waals surface area contributed by atoms with E-state index in [4.69, 9.17) is 0 Å². The van der Waals surface area contributed by atoms with Crippen LogP contribution in [0.1, 0.15) is 28.4 Å². The average Bonchev–Trinajstić information content (AvgIpc) is 2.96. The highest BCUT2D eigenvalue weighted by atomic mass is 32.1. The summed E-state index contributed by atoms with van der Waals surface area (Å²) in [6.07, 6.45) is 4.93. The first-order valence-corrected chi connectivity index (χ1v) is 7.82. The molecule has 0 aliphatic heterocycles. The van der Waals surface area contributed by atoms with E-state index in [0.717, 1.165) is 15.4 Å². The number of carbonyl (C=O) groups excluding carboxylic acids is 1. The smallest absolute Gasteiger partial charge is 0.269 e. The number of hydrogen-bond acceptors (Lipinski definition) is 5. The Hall–Kier alpha value is -2.54. The van der Waals surface area contributed by atoms with Crippen LogP contribution in [-0.2, 0) is 4.79 Å². The SMILES string of the molecule is Cc1ncc(/C=C\C(=O)N(C)[C@H](C)c2cccc([N+](=O)[O-])c2)s1. The minimum Gasteiger partial charge on any atom is -0.335 e. The Morgan fingerprint density at radius 2 is 2.22 bits per heavy atom. The molecule has 0 aliphatic carbocycles. The van der Waals surface area contributed by atoms with Gasteiger partial charge in [0.05, 0.1) is 16.0 Å². The first-order valence-electron chi connectivity index (χ1n) is 7.00. The van der Waals surface area contributed by atoms with Crippen LogP contribution in [0.5, 0.6) is 0 Å². The molecule has 0 spiro atoms. The molecule has 0 radical (unpaired) electrons. The highest BCUT2D eigenvalue weighted by molar-refractivity contribution is 7.12. The lowest BCUT2D eigenvalue weighted by Gasteiger charge is -2.24. The number of aromatic nitrogens is 1. The summed E-state index contributed by atoms with van der Waals surface area (Å²) in [4.78, 5) is 29.2. The maximum atomic E-state index is 12.2. The van der Waals surface area contributed by atoms with Crippen LogP contribution >= 0.6 is 11.3 Å². The summed E-state index contributed by atoms with van der Waals surface area (Å²) >= 11 is 1.51. The number of amides is 1. The first kappa shape index (κ1) is 16.8. The third kappa shape index (κ3) is 4.23. The summed E-state index contributed by atoms with van der Waals surface area (Å²) in [6.45, 7) is 3.74. The highest BCUT2D eigenvalue weighted by Gasteiger charge is 2.17. The standard InChI is InChI=1S/C16H17N3O3S/c1-11(13-5-4-6-14(9-13)19(21)22)18(3)16(20)8-7-15-10-17-12(2)23-15/h4-11H,1-3H3/b8-7-/t11-/m1/s1. The molecule has 0 fully saturated rings. The number of nitrogens with zero attached hydrogens (tertiary/aromatic N) is 3. The molecule has 0 N–H and O–H groups in total. The number of non-ortho nitro benzene ring substituents is 1. The molecule has 2 aromatic rings. The van der Waals surface area contributed by atoms with Gasteiger partial charge in [0.1, 0.15) is 0 Å². The molecule has 1 aromatic carbocycles. The molecule has 1 atom stereocenters. The second-order valence-corrected chi connectivity index (χ2v) is 6.36. The average molecular weight is 331 g/mol. The van der Waals surface area contributed by atoms with E-state index in [-0.39, 0.29) is 17.6 Å². The molecule has 0 saturated carbocycles. The van der Waals surface area contributed by atoms with Crippen molar-refractivity contribution in [1.29, 1.82) is 0 Å². The fraction of sp³-hybridized carbons (Fsp3) is 0.250. The molecule has 1 amide bonds. The van der Waals surface area contributed by atoms with E-state index in [9.17, 15) is 14.9 Å². The number of thiazole rings is 1. The summed E-state index contributed by atoms with van der Waals surface area (Å²) in [7, 11) is 1.67. The Bertz CT molecular complexity index is 755. The Labute approximate surface area is 138 Å². The largest absolute Gasteiger partial charge is 0.335 e. The van der Waals surface area contributed by atoms with Crippen LogP contribution in [0.4, 0.5) is 5.69 Å². The van der Waals surface area contributed by atoms with Crippen LogP contribution in [0, 0.1) is 17.0 Å². The summed E-state index contributed by atoms with van der Waals surface area (Å²) in [5.74, 6) is -0.171. The van der Waals surface area contributed by atoms with Gasteiger partial charge in [0.15, 0.2) is 0 Å². The minimum atomic E-state index is -0.440. The predicted octanol–water partition coefficient (Wildman–Crippen LogP) is 3.59. The van der Waals surface area contributed by atoms with Gasteiger partial charge in [-0.25, -0.2) is 4.98 Å². The van der Waals surface area contributed by atoms with Crippen molar-refractivity contribution in [2.45, 2.75) is 19.9 Å². The van der Waals surface area contributed by atoms with Gasteiger partial charge in [-0.2, -0.15) is 0 Å². The van der Waals surface area contributed by atoms with Gasteiger partial charge in [0.25, 0.3) is 5.69 Å². The van der Waals surface area contributed by atoms with E-state index < -0.39 is 4.92 Å². The maximum Gasteiger partial charge on any atom is 0.269 e. The van der Waals surface area contributed by atoms with Gasteiger partial charge >= 0.3 is 0 Å². The Morgan fingerprint density at radius 3 is 2.83 bits per heavy atom. The number of nitro benzene ring substituents is 1. The molecule has 1 heterocycles. The van der Waals surface area contributed by atoms with Crippen molar-refractivity contribution < 1.29 is 9.72 Å². The summed E-state index contributed by atoms with van der Waals surface area (Å²) < 4.78 is 0. The number of nitro groups is 1. The fourth-order valence-corrected chi connectivity index (χ4v) is 2.73. The number of hydrogen-bond donors (Lipinski definition) is 0. The van der Waals surface area contributed by atoms with Gasteiger partial charge in [-0.15, -0.1) is 11.3 Å². The van der Waals surface area contributed by atoms with Gasteiger partial charge in [0, 0.05) is 36.3 Å². The number of likely N-dealkylation sites (N-methyl/N-ethyl adjacent to an activating group) is 1. The van der Waals surface area contributed by atoms with Crippen LogP contribution in [0.3, 0.4) is 0 Å². The van der Waals surface area contributed by atoms with E-state index in [1.165, 1.54) is 29.5 Å². The molecule has 7 heteroatoms. The summed E-state index contributed by atoms with van der Waals surface area (Å²) in [5.41, 5.74) is 0.739. The van der Waals surface area contributed by atoms with Crippen molar-refractivity contribution in [2.75, 3.05) is 7.05 Å². The Balaban J connectivity index is 2.10. The molecule has 2 rings (SSSR count). The molecule has 6 nitrogen and oxygen atoms in total. The topological polar surface area (TPSA) is 76.3 Å². The molecule has 120 valence electrons. The molecule has 23 heavy (non-hydrogen) atoms. The van der Waals surface area contributed by atoms with Crippen LogP contribution in [0.25, 0.3) is 6.08 Å². The lowest BCUT2D eigenvalue weighted by molar-refractivity contribution is -0.384. The lowest BCUT2D eigenvalue weighted by Crippen LogP contribution is -2.28. The van der Waals surface area contributed by atoms with Gasteiger partial charge in [-0.1, -0.05) is 12.1 Å². The normalized spacial score (nSPS) is 12.3. The zero-order valence-electron chi connectivity index (χ0n) is 13.1.